The summed E-state index contributed by atoms with van der Waals surface area (Å²) in [7, 11) is -3.86. The van der Waals surface area contributed by atoms with Gasteiger partial charge in [0.25, 0.3) is 5.91 Å². The van der Waals surface area contributed by atoms with Crippen molar-refractivity contribution in [3.05, 3.63) is 63.9 Å². The third kappa shape index (κ3) is 3.66. The lowest BCUT2D eigenvalue weighted by molar-refractivity contribution is 0.0943. The summed E-state index contributed by atoms with van der Waals surface area (Å²) < 4.78 is 43.2. The molecular formula is C20H21FN4O3S2. The fourth-order valence-electron chi connectivity index (χ4n) is 3.60. The molecule has 1 aliphatic rings. The Labute approximate surface area is 178 Å². The summed E-state index contributed by atoms with van der Waals surface area (Å²) in [4.78, 5) is 14.9. The molecule has 158 valence electrons. The second-order valence-corrected chi connectivity index (χ2v) is 9.92. The molecule has 0 radical (unpaired) electrons. The zero-order valence-electron chi connectivity index (χ0n) is 16.6. The predicted octanol–water partition coefficient (Wildman–Crippen LogP) is 2.90. The van der Waals surface area contributed by atoms with E-state index in [1.165, 1.54) is 21.1 Å². The van der Waals surface area contributed by atoms with Crippen molar-refractivity contribution in [2.24, 2.45) is 0 Å². The Morgan fingerprint density at radius 3 is 2.43 bits per heavy atom. The molecule has 0 unspecified atom stereocenters. The van der Waals surface area contributed by atoms with Crippen molar-refractivity contribution in [1.82, 2.24) is 14.1 Å². The number of sulfonamides is 1. The minimum atomic E-state index is -3.86. The lowest BCUT2D eigenvalue weighted by Crippen LogP contribution is -2.49. The number of aryl methyl sites for hydroxylation is 2. The average molecular weight is 449 g/mol. The molecule has 0 N–H and O–H groups in total. The number of hydrogen-bond donors (Lipinski definition) is 0. The van der Waals surface area contributed by atoms with Crippen LogP contribution in [0.3, 0.4) is 0 Å². The first-order valence-corrected chi connectivity index (χ1v) is 11.8. The van der Waals surface area contributed by atoms with Crippen molar-refractivity contribution < 1.29 is 17.6 Å². The van der Waals surface area contributed by atoms with Crippen LogP contribution in [0, 0.1) is 19.7 Å². The number of rotatable bonds is 4. The second-order valence-electron chi connectivity index (χ2n) is 7.10. The van der Waals surface area contributed by atoms with E-state index in [0.29, 0.717) is 30.2 Å². The van der Waals surface area contributed by atoms with Gasteiger partial charge in [0.2, 0.25) is 10.0 Å². The molecule has 1 aliphatic heterocycles. The fourth-order valence-corrected chi connectivity index (χ4v) is 6.35. The van der Waals surface area contributed by atoms with E-state index in [2.05, 4.69) is 5.10 Å². The van der Waals surface area contributed by atoms with Crippen LogP contribution in [0.15, 0.2) is 46.7 Å². The van der Waals surface area contributed by atoms with Gasteiger partial charge in [0.1, 0.15) is 15.6 Å². The number of halogens is 1. The Kier molecular flexibility index (Phi) is 5.48. The van der Waals surface area contributed by atoms with Crippen LogP contribution in [0.4, 0.5) is 10.1 Å². The molecule has 0 bridgehead atoms. The van der Waals surface area contributed by atoms with Crippen LogP contribution in [0.5, 0.6) is 0 Å². The number of nitrogens with zero attached hydrogens (tertiary/aromatic N) is 4. The molecule has 1 fully saturated rings. The van der Waals surface area contributed by atoms with Gasteiger partial charge in [-0.2, -0.15) is 9.40 Å². The summed E-state index contributed by atoms with van der Waals surface area (Å²) in [5.41, 5.74) is 1.80. The summed E-state index contributed by atoms with van der Waals surface area (Å²) in [6.07, 6.45) is 0. The van der Waals surface area contributed by atoms with E-state index in [-0.39, 0.29) is 28.7 Å². The van der Waals surface area contributed by atoms with E-state index in [0.717, 1.165) is 11.3 Å². The van der Waals surface area contributed by atoms with Gasteiger partial charge in [-0.1, -0.05) is 12.1 Å². The first-order chi connectivity index (χ1) is 14.3. The van der Waals surface area contributed by atoms with Crippen molar-refractivity contribution in [3.8, 4) is 0 Å². The minimum Gasteiger partial charge on any atom is -0.367 e. The summed E-state index contributed by atoms with van der Waals surface area (Å²) in [6, 6.07) is 9.68. The smallest absolute Gasteiger partial charge is 0.289 e. The van der Waals surface area contributed by atoms with E-state index in [1.54, 1.807) is 43.5 Å². The lowest BCUT2D eigenvalue weighted by Gasteiger charge is -2.35. The number of aromatic nitrogens is 2. The van der Waals surface area contributed by atoms with Gasteiger partial charge in [0, 0.05) is 31.9 Å². The van der Waals surface area contributed by atoms with Crippen LogP contribution >= 0.6 is 11.3 Å². The van der Waals surface area contributed by atoms with Crippen molar-refractivity contribution >= 4 is 33.0 Å². The van der Waals surface area contributed by atoms with Gasteiger partial charge >= 0.3 is 0 Å². The molecule has 1 aromatic carbocycles. The molecule has 3 aromatic rings. The van der Waals surface area contributed by atoms with Crippen molar-refractivity contribution in [1.29, 1.82) is 0 Å². The number of piperazine rings is 1. The zero-order valence-corrected chi connectivity index (χ0v) is 18.2. The molecule has 10 heteroatoms. The summed E-state index contributed by atoms with van der Waals surface area (Å²) >= 11 is 1.08. The molecule has 0 amide bonds. The Morgan fingerprint density at radius 2 is 1.80 bits per heavy atom. The molecule has 0 saturated carbocycles. The van der Waals surface area contributed by atoms with Crippen molar-refractivity contribution in [3.63, 3.8) is 0 Å². The molecule has 1 saturated heterocycles. The van der Waals surface area contributed by atoms with Gasteiger partial charge in [-0.25, -0.2) is 17.5 Å². The highest BCUT2D eigenvalue weighted by Gasteiger charge is 2.33. The van der Waals surface area contributed by atoms with Crippen LogP contribution in [0.25, 0.3) is 0 Å². The maximum atomic E-state index is 14.0. The number of carbonyl (C=O) groups is 1. The molecular weight excluding hydrogens is 427 g/mol. The number of hydrogen-bond acceptors (Lipinski definition) is 6. The molecule has 30 heavy (non-hydrogen) atoms. The zero-order chi connectivity index (χ0) is 21.5. The Morgan fingerprint density at radius 1 is 1.10 bits per heavy atom. The summed E-state index contributed by atoms with van der Waals surface area (Å²) in [5.74, 6) is -0.788. The van der Waals surface area contributed by atoms with Crippen LogP contribution < -0.4 is 4.90 Å². The van der Waals surface area contributed by atoms with Gasteiger partial charge < -0.3 is 4.90 Å². The van der Waals surface area contributed by atoms with Crippen LogP contribution in [-0.2, 0) is 10.0 Å². The highest BCUT2D eigenvalue weighted by atomic mass is 32.2. The van der Waals surface area contributed by atoms with E-state index < -0.39 is 15.9 Å². The van der Waals surface area contributed by atoms with E-state index in [4.69, 9.17) is 0 Å². The SMILES string of the molecule is Cc1cc(C)n(C(=O)c2sccc2S(=O)(=O)N2CCN(c3ccccc3F)CC2)n1. The third-order valence-electron chi connectivity index (χ3n) is 5.07. The van der Waals surface area contributed by atoms with Gasteiger partial charge in [0.05, 0.1) is 11.4 Å². The Hall–Kier alpha value is -2.56. The fraction of sp³-hybridized carbons (Fsp3) is 0.300. The van der Waals surface area contributed by atoms with Gasteiger partial charge in [-0.3, -0.25) is 4.79 Å². The lowest BCUT2D eigenvalue weighted by atomic mass is 10.2. The maximum Gasteiger partial charge on any atom is 0.289 e. The predicted molar refractivity (Wildman–Crippen MR) is 113 cm³/mol. The topological polar surface area (TPSA) is 75.5 Å². The van der Waals surface area contributed by atoms with Crippen LogP contribution in [0.1, 0.15) is 21.1 Å². The van der Waals surface area contributed by atoms with E-state index >= 15 is 0 Å². The standard InChI is InChI=1S/C20H21FN4O3S2/c1-14-13-15(2)25(22-14)20(26)19-18(7-12-29-19)30(27,28)24-10-8-23(9-11-24)17-6-4-3-5-16(17)21/h3-7,12-13H,8-11H2,1-2H3. The normalized spacial score (nSPS) is 15.5. The molecule has 0 atom stereocenters. The minimum absolute atomic E-state index is 0.00982. The summed E-state index contributed by atoms with van der Waals surface area (Å²) in [6.45, 7) is 4.68. The Bertz CT molecular complexity index is 1190. The molecule has 2 aromatic heterocycles. The Balaban J connectivity index is 1.56. The van der Waals surface area contributed by atoms with E-state index in [9.17, 15) is 17.6 Å². The van der Waals surface area contributed by atoms with Crippen molar-refractivity contribution in [2.75, 3.05) is 31.1 Å². The number of carbonyl (C=O) groups excluding carboxylic acids is 1. The maximum absolute atomic E-state index is 14.0. The molecule has 4 rings (SSSR count). The first kappa shape index (κ1) is 20.7. The highest BCUT2D eigenvalue weighted by Crippen LogP contribution is 2.28. The van der Waals surface area contributed by atoms with Gasteiger partial charge in [0.15, 0.2) is 0 Å². The monoisotopic (exact) mass is 448 g/mol. The van der Waals surface area contributed by atoms with Gasteiger partial charge in [-0.05, 0) is 43.5 Å². The number of thiophene rings is 1. The highest BCUT2D eigenvalue weighted by molar-refractivity contribution is 7.89. The number of para-hydroxylation sites is 1. The quantitative estimate of drug-likeness (QED) is 0.614. The molecule has 7 nitrogen and oxygen atoms in total. The number of benzene rings is 1. The molecule has 0 aliphatic carbocycles. The number of anilines is 1. The summed E-state index contributed by atoms with van der Waals surface area (Å²) in [5, 5.41) is 5.78. The largest absolute Gasteiger partial charge is 0.367 e. The third-order valence-corrected chi connectivity index (χ3v) is 8.05. The van der Waals surface area contributed by atoms with Crippen LogP contribution in [-0.4, -0.2) is 54.6 Å². The second kappa shape index (κ2) is 7.93. The average Bonchev–Trinajstić information content (AvgIpc) is 3.35. The van der Waals surface area contributed by atoms with Gasteiger partial charge in [-0.15, -0.1) is 11.3 Å². The van der Waals surface area contributed by atoms with Crippen molar-refractivity contribution in [2.45, 2.75) is 18.7 Å². The van der Waals surface area contributed by atoms with E-state index in [1.807, 2.05) is 4.90 Å². The molecule has 3 heterocycles. The molecule has 0 spiro atoms. The van der Waals surface area contributed by atoms with Crippen LogP contribution in [0.2, 0.25) is 0 Å². The first-order valence-electron chi connectivity index (χ1n) is 9.44.